The molecule has 1 atom stereocenters. The van der Waals surface area contributed by atoms with E-state index in [0.29, 0.717) is 0 Å². The van der Waals surface area contributed by atoms with Crippen LogP contribution in [0.1, 0.15) is 11.6 Å². The highest BCUT2D eigenvalue weighted by Gasteiger charge is 2.40. The minimum Gasteiger partial charge on any atom is -0.383 e. The van der Waals surface area contributed by atoms with Crippen molar-refractivity contribution in [1.29, 1.82) is 0 Å². The highest BCUT2D eigenvalue weighted by atomic mass is 32.2. The quantitative estimate of drug-likeness (QED) is 0.335. The van der Waals surface area contributed by atoms with Crippen LogP contribution in [-0.4, -0.2) is 66.0 Å². The average Bonchev–Trinajstić information content (AvgIpc) is 2.90. The highest BCUT2D eigenvalue weighted by Crippen LogP contribution is 2.50. The van der Waals surface area contributed by atoms with Crippen LogP contribution < -0.4 is 10.6 Å². The van der Waals surface area contributed by atoms with Gasteiger partial charge in [0.05, 0.1) is 29.3 Å². The first kappa shape index (κ1) is 27.1. The Morgan fingerprint density at radius 1 is 1.18 bits per heavy atom. The van der Waals surface area contributed by atoms with Gasteiger partial charge in [0.1, 0.15) is 17.5 Å². The molecule has 1 amide bonds. The van der Waals surface area contributed by atoms with Gasteiger partial charge in [-0.1, -0.05) is 12.6 Å². The van der Waals surface area contributed by atoms with E-state index in [9.17, 15) is 31.5 Å². The number of piperazine rings is 1. The Kier molecular flexibility index (Phi) is 7.14. The van der Waals surface area contributed by atoms with Crippen LogP contribution >= 0.6 is 11.8 Å². The summed E-state index contributed by atoms with van der Waals surface area (Å²) in [5, 5.41) is 0.0224. The summed E-state index contributed by atoms with van der Waals surface area (Å²) < 4.78 is 80.1. The number of halogens is 5. The third-order valence-electron chi connectivity index (χ3n) is 6.87. The molecule has 1 saturated heterocycles. The van der Waals surface area contributed by atoms with E-state index >= 15 is 0 Å². The van der Waals surface area contributed by atoms with Gasteiger partial charge in [0.25, 0.3) is 0 Å². The third kappa shape index (κ3) is 4.67. The summed E-state index contributed by atoms with van der Waals surface area (Å²) in [5.41, 5.74) is -3.31. The first-order valence-corrected chi connectivity index (χ1v) is 13.0. The van der Waals surface area contributed by atoms with Gasteiger partial charge in [-0.05, 0) is 24.3 Å². The highest BCUT2D eigenvalue weighted by molar-refractivity contribution is 7.99. The molecule has 7 nitrogen and oxygen atoms in total. The molecule has 13 heteroatoms. The summed E-state index contributed by atoms with van der Waals surface area (Å²) in [5.74, 6) is -2.44. The summed E-state index contributed by atoms with van der Waals surface area (Å²) in [6.45, 7) is 4.45. The van der Waals surface area contributed by atoms with E-state index < -0.39 is 46.2 Å². The molecule has 3 aromatic rings. The van der Waals surface area contributed by atoms with Crippen molar-refractivity contribution >= 4 is 34.4 Å². The van der Waals surface area contributed by atoms with Gasteiger partial charge in [0.2, 0.25) is 5.91 Å². The van der Waals surface area contributed by atoms with Crippen LogP contribution in [0, 0.1) is 11.6 Å². The normalized spacial score (nSPS) is 17.5. The van der Waals surface area contributed by atoms with Crippen molar-refractivity contribution in [2.45, 2.75) is 17.1 Å². The fourth-order valence-corrected chi connectivity index (χ4v) is 6.43. The monoisotopic (exact) mass is 566 g/mol. The average molecular weight is 567 g/mol. The lowest BCUT2D eigenvalue weighted by molar-refractivity contribution is -0.137. The van der Waals surface area contributed by atoms with Crippen LogP contribution in [0.2, 0.25) is 0 Å². The summed E-state index contributed by atoms with van der Waals surface area (Å²) in [4.78, 5) is 32.7. The van der Waals surface area contributed by atoms with Crippen molar-refractivity contribution in [3.8, 4) is 11.1 Å². The molecule has 5 rings (SSSR count). The van der Waals surface area contributed by atoms with Gasteiger partial charge in [0, 0.05) is 54.9 Å². The number of benzene rings is 2. The van der Waals surface area contributed by atoms with Crippen molar-refractivity contribution in [3.05, 3.63) is 64.6 Å². The van der Waals surface area contributed by atoms with Crippen molar-refractivity contribution in [3.63, 3.8) is 0 Å². The van der Waals surface area contributed by atoms with Crippen LogP contribution in [0.25, 0.3) is 22.0 Å². The Morgan fingerprint density at radius 2 is 1.85 bits per heavy atom. The van der Waals surface area contributed by atoms with Crippen LogP contribution in [-0.2, 0) is 15.7 Å². The lowest BCUT2D eigenvalue weighted by Gasteiger charge is -2.36. The first-order chi connectivity index (χ1) is 18.6. The molecule has 2 aliphatic heterocycles. The molecule has 0 saturated carbocycles. The molecule has 2 aliphatic rings. The van der Waals surface area contributed by atoms with E-state index in [4.69, 9.17) is 4.74 Å². The molecular formula is C26H23F5N4O3S. The number of hydrogen-bond donors (Lipinski definition) is 0. The second-order valence-corrected chi connectivity index (χ2v) is 10.2. The van der Waals surface area contributed by atoms with Gasteiger partial charge in [-0.25, -0.2) is 13.6 Å². The second-order valence-electron chi connectivity index (χ2n) is 9.14. The number of carbonyl (C=O) groups excluding carboxylic acids is 1. The molecule has 2 aromatic carbocycles. The van der Waals surface area contributed by atoms with Gasteiger partial charge < -0.3 is 14.5 Å². The molecule has 0 unspecified atom stereocenters. The maximum Gasteiger partial charge on any atom is 0.417 e. The van der Waals surface area contributed by atoms with Crippen molar-refractivity contribution in [2.24, 2.45) is 0 Å². The Hall–Kier alpha value is -3.45. The van der Waals surface area contributed by atoms with Crippen LogP contribution in [0.5, 0.6) is 0 Å². The summed E-state index contributed by atoms with van der Waals surface area (Å²) in [6, 6.07) is 3.11. The summed E-state index contributed by atoms with van der Waals surface area (Å²) in [6.07, 6.45) is -3.80. The number of nitrogens with zero attached hydrogens (tertiary/aromatic N) is 4. The number of aromatic nitrogens is 2. The van der Waals surface area contributed by atoms with Crippen LogP contribution in [0.15, 0.2) is 46.6 Å². The molecule has 0 bridgehead atoms. The van der Waals surface area contributed by atoms with Crippen molar-refractivity contribution in [1.82, 2.24) is 14.5 Å². The molecule has 206 valence electrons. The number of alkyl halides is 3. The van der Waals surface area contributed by atoms with Crippen molar-refractivity contribution < 1.29 is 31.5 Å². The van der Waals surface area contributed by atoms with Gasteiger partial charge >= 0.3 is 11.9 Å². The number of methoxy groups -OCH3 is 1. The molecule has 0 spiro atoms. The minimum atomic E-state index is -4.98. The lowest BCUT2D eigenvalue weighted by Crippen LogP contribution is -2.49. The number of rotatable bonds is 5. The maximum atomic E-state index is 15.0. The molecule has 3 heterocycles. The third-order valence-corrected chi connectivity index (χ3v) is 8.11. The SMILES string of the molecule is C=CC(=O)N1CCN(c2nc(=O)n3c4c(c(-c5c(F)cccc5F)c(C(F)(F)F)cc24)SC[C@@H]3COC)CC1. The Morgan fingerprint density at radius 3 is 2.44 bits per heavy atom. The van der Waals surface area contributed by atoms with Gasteiger partial charge in [-0.3, -0.25) is 9.36 Å². The Balaban J connectivity index is 1.83. The Bertz CT molecular complexity index is 1510. The predicted molar refractivity (Wildman–Crippen MR) is 137 cm³/mol. The minimum absolute atomic E-state index is 0.0166. The number of amides is 1. The maximum absolute atomic E-state index is 15.0. The summed E-state index contributed by atoms with van der Waals surface area (Å²) >= 11 is 0.986. The van der Waals surface area contributed by atoms with Gasteiger partial charge in [0.15, 0.2) is 0 Å². The molecule has 0 radical (unpaired) electrons. The van der Waals surface area contributed by atoms with Crippen LogP contribution in [0.3, 0.4) is 0 Å². The zero-order valence-electron chi connectivity index (χ0n) is 20.7. The van der Waals surface area contributed by atoms with Crippen LogP contribution in [0.4, 0.5) is 27.8 Å². The lowest BCUT2D eigenvalue weighted by atomic mass is 9.95. The number of ether oxygens (including phenoxy) is 1. The molecule has 0 N–H and O–H groups in total. The van der Waals surface area contributed by atoms with Gasteiger partial charge in [-0.2, -0.15) is 18.2 Å². The smallest absolute Gasteiger partial charge is 0.383 e. The van der Waals surface area contributed by atoms with E-state index in [1.165, 1.54) is 22.7 Å². The topological polar surface area (TPSA) is 67.7 Å². The molecule has 1 fully saturated rings. The number of hydrogen-bond acceptors (Lipinski definition) is 6. The fourth-order valence-electron chi connectivity index (χ4n) is 5.12. The van der Waals surface area contributed by atoms with E-state index in [2.05, 4.69) is 11.6 Å². The molecule has 1 aromatic heterocycles. The molecule has 39 heavy (non-hydrogen) atoms. The number of carbonyl (C=O) groups is 1. The zero-order chi connectivity index (χ0) is 28.1. The zero-order valence-corrected chi connectivity index (χ0v) is 21.5. The van der Waals surface area contributed by atoms with E-state index in [1.54, 1.807) is 4.90 Å². The molecular weight excluding hydrogens is 543 g/mol. The van der Waals surface area contributed by atoms with E-state index in [0.717, 1.165) is 36.0 Å². The number of thioether (sulfide) groups is 1. The van der Waals surface area contributed by atoms with Gasteiger partial charge in [-0.15, -0.1) is 11.8 Å². The first-order valence-electron chi connectivity index (χ1n) is 12.0. The second kappa shape index (κ2) is 10.3. The summed E-state index contributed by atoms with van der Waals surface area (Å²) in [7, 11) is 1.43. The largest absolute Gasteiger partial charge is 0.417 e. The number of anilines is 1. The molecule has 0 aliphatic carbocycles. The predicted octanol–water partition coefficient (Wildman–Crippen LogP) is 4.49. The fraction of sp³-hybridized carbons (Fsp3) is 0.346. The van der Waals surface area contributed by atoms with Crippen molar-refractivity contribution in [2.75, 3.05) is 50.5 Å². The Labute approximate surface area is 223 Å². The standard InChI is InChI=1S/C26H23F5N4O3S/c1-3-19(36)33-7-9-34(10-8-33)24-15-11-16(26(29,30)31)20(21-17(27)5-4-6-18(21)28)23-22(15)35(25(37)32-24)14(12-38-2)13-39-23/h3-6,11,14H,1,7-10,12-13H2,2H3/t14-/m0/s1. The van der Waals surface area contributed by atoms with E-state index in [-0.39, 0.29) is 66.1 Å². The van der Waals surface area contributed by atoms with E-state index in [1.807, 2.05) is 0 Å².